The molecule has 0 saturated heterocycles. The van der Waals surface area contributed by atoms with Gasteiger partial charge in [0.2, 0.25) is 0 Å². The summed E-state index contributed by atoms with van der Waals surface area (Å²) >= 11 is 0. The number of aliphatic carboxylic acids is 1. The largest absolute Gasteiger partial charge is 0.480 e. The molecule has 1 unspecified atom stereocenters. The summed E-state index contributed by atoms with van der Waals surface area (Å²) in [5.41, 5.74) is 3.27. The molecule has 8 heteroatoms. The van der Waals surface area contributed by atoms with Crippen LogP contribution in [0.15, 0.2) is 48.5 Å². The van der Waals surface area contributed by atoms with Crippen LogP contribution in [-0.4, -0.2) is 35.7 Å². The molecule has 4 amide bonds. The normalized spacial score (nSPS) is 11.2. The highest BCUT2D eigenvalue weighted by Crippen LogP contribution is 2.10. The zero-order chi connectivity index (χ0) is 21.2. The summed E-state index contributed by atoms with van der Waals surface area (Å²) < 4.78 is 0. The fourth-order valence-electron chi connectivity index (χ4n) is 2.71. The summed E-state index contributed by atoms with van der Waals surface area (Å²) in [7, 11) is 0. The maximum atomic E-state index is 12.0. The van der Waals surface area contributed by atoms with Gasteiger partial charge in [0, 0.05) is 17.9 Å². The van der Waals surface area contributed by atoms with E-state index in [1.54, 1.807) is 24.3 Å². The van der Waals surface area contributed by atoms with Crippen molar-refractivity contribution in [1.29, 1.82) is 0 Å². The quantitative estimate of drug-likeness (QED) is 0.437. The topological polar surface area (TPSA) is 120 Å². The second-order valence-corrected chi connectivity index (χ2v) is 6.75. The van der Waals surface area contributed by atoms with Crippen molar-refractivity contribution in [3.05, 3.63) is 59.7 Å². The number of hydrogen-bond donors (Lipinski definition) is 5. The predicted molar refractivity (Wildman–Crippen MR) is 112 cm³/mol. The first kappa shape index (κ1) is 21.7. The van der Waals surface area contributed by atoms with E-state index in [0.29, 0.717) is 17.8 Å². The van der Waals surface area contributed by atoms with Crippen molar-refractivity contribution in [3.8, 4) is 0 Å². The zero-order valence-electron chi connectivity index (χ0n) is 16.5. The van der Waals surface area contributed by atoms with Gasteiger partial charge in [0.15, 0.2) is 0 Å². The van der Waals surface area contributed by atoms with E-state index < -0.39 is 18.0 Å². The van der Waals surface area contributed by atoms with Gasteiger partial charge in [-0.05, 0) is 62.1 Å². The van der Waals surface area contributed by atoms with E-state index in [1.807, 2.05) is 38.1 Å². The summed E-state index contributed by atoms with van der Waals surface area (Å²) in [6.07, 6.45) is 0.574. The number of carbonyl (C=O) groups excluding carboxylic acids is 2. The van der Waals surface area contributed by atoms with Crippen LogP contribution >= 0.6 is 0 Å². The molecule has 29 heavy (non-hydrogen) atoms. The Balaban J connectivity index is 1.73. The van der Waals surface area contributed by atoms with Gasteiger partial charge in [0.25, 0.3) is 0 Å². The van der Waals surface area contributed by atoms with Gasteiger partial charge < -0.3 is 26.4 Å². The maximum absolute atomic E-state index is 12.0. The molecule has 0 aliphatic heterocycles. The highest BCUT2D eigenvalue weighted by atomic mass is 16.4. The number of anilines is 2. The molecule has 0 saturated carbocycles. The Kier molecular flexibility index (Phi) is 8.02. The lowest BCUT2D eigenvalue weighted by molar-refractivity contribution is -0.139. The van der Waals surface area contributed by atoms with Gasteiger partial charge in [-0.1, -0.05) is 24.3 Å². The Labute approximate surface area is 169 Å². The van der Waals surface area contributed by atoms with Crippen molar-refractivity contribution in [3.63, 3.8) is 0 Å². The summed E-state index contributed by atoms with van der Waals surface area (Å²) in [6.45, 7) is 4.10. The molecule has 0 bridgehead atoms. The molecule has 8 nitrogen and oxygen atoms in total. The number of nitrogens with one attached hydrogen (secondary N) is 4. The van der Waals surface area contributed by atoms with E-state index in [9.17, 15) is 19.5 Å². The molecule has 0 heterocycles. The lowest BCUT2D eigenvalue weighted by atomic mass is 10.1. The van der Waals surface area contributed by atoms with Crippen molar-refractivity contribution in [2.75, 3.05) is 17.2 Å². The Morgan fingerprint density at radius 3 is 1.97 bits per heavy atom. The second kappa shape index (κ2) is 10.7. The first-order chi connectivity index (χ1) is 13.8. The van der Waals surface area contributed by atoms with Crippen LogP contribution in [0.2, 0.25) is 0 Å². The average molecular weight is 398 g/mol. The summed E-state index contributed by atoms with van der Waals surface area (Å²) in [4.78, 5) is 35.3. The standard InChI is InChI=1S/C21H26N4O4/c1-14-6-3-8-16(12-14)23-20(28)22-11-5-10-18(19(26)27)25-21(29)24-17-9-4-7-15(2)13-17/h3-4,6-9,12-13,18H,5,10-11H2,1-2H3,(H,26,27)(H2,22,23,28)(H2,24,25,29). The lowest BCUT2D eigenvalue weighted by Gasteiger charge is -2.15. The molecule has 0 aromatic heterocycles. The van der Waals surface area contributed by atoms with Crippen LogP contribution in [0.3, 0.4) is 0 Å². The molecule has 2 rings (SSSR count). The van der Waals surface area contributed by atoms with Crippen LogP contribution in [0, 0.1) is 13.8 Å². The highest BCUT2D eigenvalue weighted by molar-refractivity contribution is 5.92. The molecule has 0 aliphatic rings. The van der Waals surface area contributed by atoms with Gasteiger partial charge in [-0.3, -0.25) is 0 Å². The number of carbonyl (C=O) groups is 3. The zero-order valence-corrected chi connectivity index (χ0v) is 16.5. The monoisotopic (exact) mass is 398 g/mol. The number of carboxylic acid groups (broad SMARTS) is 1. The molecule has 0 aliphatic carbocycles. The van der Waals surface area contributed by atoms with Crippen molar-refractivity contribution >= 4 is 29.4 Å². The Morgan fingerprint density at radius 2 is 1.45 bits per heavy atom. The van der Waals surface area contributed by atoms with Crippen LogP contribution in [0.5, 0.6) is 0 Å². The predicted octanol–water partition coefficient (Wildman–Crippen LogP) is 3.48. The van der Waals surface area contributed by atoms with E-state index in [0.717, 1.165) is 11.1 Å². The number of carboxylic acids is 1. The third-order valence-electron chi connectivity index (χ3n) is 4.11. The van der Waals surface area contributed by atoms with E-state index in [1.165, 1.54) is 0 Å². The molecule has 0 spiro atoms. The molecule has 2 aromatic rings. The smallest absolute Gasteiger partial charge is 0.326 e. The molecule has 1 atom stereocenters. The van der Waals surface area contributed by atoms with E-state index in [2.05, 4.69) is 21.3 Å². The molecule has 154 valence electrons. The minimum atomic E-state index is -1.13. The van der Waals surface area contributed by atoms with Crippen LogP contribution in [0.25, 0.3) is 0 Å². The third-order valence-corrected chi connectivity index (χ3v) is 4.11. The number of benzene rings is 2. The molecule has 0 fully saturated rings. The SMILES string of the molecule is Cc1cccc(NC(=O)NCCCC(NC(=O)Nc2cccc(C)c2)C(=O)O)c1. The second-order valence-electron chi connectivity index (χ2n) is 6.75. The van der Waals surface area contributed by atoms with Crippen LogP contribution in [0.1, 0.15) is 24.0 Å². The number of urea groups is 2. The number of rotatable bonds is 8. The first-order valence-corrected chi connectivity index (χ1v) is 9.32. The van der Waals surface area contributed by atoms with Gasteiger partial charge in [0.1, 0.15) is 6.04 Å². The van der Waals surface area contributed by atoms with E-state index in [4.69, 9.17) is 0 Å². The van der Waals surface area contributed by atoms with Crippen molar-refractivity contribution in [1.82, 2.24) is 10.6 Å². The molecular weight excluding hydrogens is 372 g/mol. The van der Waals surface area contributed by atoms with Crippen LogP contribution in [-0.2, 0) is 4.79 Å². The lowest BCUT2D eigenvalue weighted by Crippen LogP contribution is -2.43. The molecule has 2 aromatic carbocycles. The Bertz CT molecular complexity index is 869. The van der Waals surface area contributed by atoms with Gasteiger partial charge >= 0.3 is 18.0 Å². The third kappa shape index (κ3) is 7.92. The molecule has 5 N–H and O–H groups in total. The maximum Gasteiger partial charge on any atom is 0.326 e. The van der Waals surface area contributed by atoms with Crippen LogP contribution in [0.4, 0.5) is 21.0 Å². The average Bonchev–Trinajstić information content (AvgIpc) is 2.64. The summed E-state index contributed by atoms with van der Waals surface area (Å²) in [5.74, 6) is -1.13. The van der Waals surface area contributed by atoms with E-state index >= 15 is 0 Å². The summed E-state index contributed by atoms with van der Waals surface area (Å²) in [5, 5.41) is 19.8. The first-order valence-electron chi connectivity index (χ1n) is 9.32. The number of aryl methyl sites for hydroxylation is 2. The van der Waals surface area contributed by atoms with Crippen molar-refractivity contribution < 1.29 is 19.5 Å². The molecule has 0 radical (unpaired) electrons. The van der Waals surface area contributed by atoms with Gasteiger partial charge in [-0.2, -0.15) is 0 Å². The van der Waals surface area contributed by atoms with E-state index in [-0.39, 0.29) is 19.0 Å². The Morgan fingerprint density at radius 1 is 0.897 bits per heavy atom. The highest BCUT2D eigenvalue weighted by Gasteiger charge is 2.19. The van der Waals surface area contributed by atoms with Gasteiger partial charge in [-0.25, -0.2) is 14.4 Å². The molecular formula is C21H26N4O4. The van der Waals surface area contributed by atoms with Crippen LogP contribution < -0.4 is 21.3 Å². The fraction of sp³-hybridized carbons (Fsp3) is 0.286. The van der Waals surface area contributed by atoms with Gasteiger partial charge in [0.05, 0.1) is 0 Å². The number of hydrogen-bond acceptors (Lipinski definition) is 3. The minimum Gasteiger partial charge on any atom is -0.480 e. The van der Waals surface area contributed by atoms with Gasteiger partial charge in [-0.15, -0.1) is 0 Å². The van der Waals surface area contributed by atoms with Crippen molar-refractivity contribution in [2.24, 2.45) is 0 Å². The number of amides is 4. The summed E-state index contributed by atoms with van der Waals surface area (Å²) in [6, 6.07) is 12.6. The Hall–Kier alpha value is -3.55. The fourth-order valence-corrected chi connectivity index (χ4v) is 2.71. The minimum absolute atomic E-state index is 0.182. The van der Waals surface area contributed by atoms with Crippen molar-refractivity contribution in [2.45, 2.75) is 32.7 Å².